The second-order valence-corrected chi connectivity index (χ2v) is 6.78. The van der Waals surface area contributed by atoms with E-state index in [1.54, 1.807) is 12.1 Å². The minimum atomic E-state index is -0.217. The van der Waals surface area contributed by atoms with Gasteiger partial charge in [-0.3, -0.25) is 4.98 Å². The van der Waals surface area contributed by atoms with Crippen molar-refractivity contribution < 1.29 is 4.39 Å². The lowest BCUT2D eigenvalue weighted by molar-refractivity contribution is 0.628. The molecule has 1 N–H and O–H groups in total. The topological polar surface area (TPSA) is 29.9 Å². The molecule has 25 heavy (non-hydrogen) atoms. The number of rotatable bonds is 5. The molecule has 2 heterocycles. The molecule has 3 aromatic rings. The van der Waals surface area contributed by atoms with Crippen molar-refractivity contribution in [3.63, 3.8) is 0 Å². The zero-order valence-electron chi connectivity index (χ0n) is 14.6. The third kappa shape index (κ3) is 3.49. The fourth-order valence-corrected chi connectivity index (χ4v) is 3.34. The Morgan fingerprint density at radius 1 is 1.16 bits per heavy atom. The van der Waals surface area contributed by atoms with Crippen molar-refractivity contribution in [2.75, 3.05) is 5.32 Å². The van der Waals surface area contributed by atoms with Crippen LogP contribution in [0.5, 0.6) is 0 Å². The molecular weight excluding hydrogens is 337 g/mol. The summed E-state index contributed by atoms with van der Waals surface area (Å²) in [6.45, 7) is 6.12. The molecule has 0 bridgehead atoms. The van der Waals surface area contributed by atoms with Gasteiger partial charge in [0, 0.05) is 29.5 Å². The second kappa shape index (κ2) is 7.04. The molecule has 132 valence electrons. The number of hydrogen-bond acceptors (Lipinski definition) is 2. The number of aryl methyl sites for hydroxylation is 1. The SMILES string of the molecule is Cc1c(C)n(CC2CC2)c2c(CNc3ccc(F)cc3)nccc12.Cl. The van der Waals surface area contributed by atoms with Crippen LogP contribution in [0.25, 0.3) is 10.9 Å². The Morgan fingerprint density at radius 2 is 1.88 bits per heavy atom. The molecule has 0 amide bonds. The lowest BCUT2D eigenvalue weighted by Gasteiger charge is -2.12. The molecule has 1 aromatic carbocycles. The summed E-state index contributed by atoms with van der Waals surface area (Å²) in [4.78, 5) is 4.62. The molecule has 1 saturated carbocycles. The van der Waals surface area contributed by atoms with Gasteiger partial charge < -0.3 is 9.88 Å². The number of halogens is 2. The summed E-state index contributed by atoms with van der Waals surface area (Å²) in [6, 6.07) is 8.58. The predicted molar refractivity (Wildman–Crippen MR) is 103 cm³/mol. The van der Waals surface area contributed by atoms with E-state index < -0.39 is 0 Å². The van der Waals surface area contributed by atoms with Crippen molar-refractivity contribution in [2.24, 2.45) is 5.92 Å². The normalized spacial score (nSPS) is 13.7. The first kappa shape index (κ1) is 17.7. The zero-order chi connectivity index (χ0) is 16.7. The Bertz CT molecular complexity index is 882. The van der Waals surface area contributed by atoms with Crippen LogP contribution in [0.4, 0.5) is 10.1 Å². The van der Waals surface area contributed by atoms with Crippen LogP contribution in [0.1, 0.15) is 29.8 Å². The van der Waals surface area contributed by atoms with E-state index >= 15 is 0 Å². The molecule has 1 aliphatic rings. The van der Waals surface area contributed by atoms with Crippen molar-refractivity contribution in [3.8, 4) is 0 Å². The molecule has 1 aliphatic carbocycles. The fraction of sp³-hybridized carbons (Fsp3) is 0.350. The average Bonchev–Trinajstić information content (AvgIpc) is 3.38. The summed E-state index contributed by atoms with van der Waals surface area (Å²) in [5.41, 5.74) is 5.88. The summed E-state index contributed by atoms with van der Waals surface area (Å²) >= 11 is 0. The summed E-state index contributed by atoms with van der Waals surface area (Å²) < 4.78 is 15.5. The third-order valence-electron chi connectivity index (χ3n) is 5.06. The molecule has 0 radical (unpaired) electrons. The van der Waals surface area contributed by atoms with Crippen molar-refractivity contribution in [2.45, 2.75) is 39.8 Å². The van der Waals surface area contributed by atoms with E-state index in [4.69, 9.17) is 0 Å². The van der Waals surface area contributed by atoms with Gasteiger partial charge in [0.2, 0.25) is 0 Å². The minimum absolute atomic E-state index is 0. The lowest BCUT2D eigenvalue weighted by Crippen LogP contribution is -2.07. The van der Waals surface area contributed by atoms with Crippen molar-refractivity contribution >= 4 is 29.0 Å². The van der Waals surface area contributed by atoms with E-state index in [1.807, 2.05) is 6.20 Å². The highest BCUT2D eigenvalue weighted by atomic mass is 35.5. The standard InChI is InChI=1S/C20H22FN3.ClH/c1-13-14(2)24(12-15-3-4-15)20-18(13)9-10-22-19(20)11-23-17-7-5-16(21)6-8-17;/h5-10,15,23H,3-4,11-12H2,1-2H3;1H. The first-order chi connectivity index (χ1) is 11.6. The Balaban J connectivity index is 0.00000182. The number of nitrogens with zero attached hydrogens (tertiary/aromatic N) is 2. The van der Waals surface area contributed by atoms with Gasteiger partial charge in [-0.15, -0.1) is 12.4 Å². The molecule has 0 aliphatic heterocycles. The summed E-state index contributed by atoms with van der Waals surface area (Å²) in [5.74, 6) is 0.599. The maximum atomic E-state index is 13.0. The van der Waals surface area contributed by atoms with Gasteiger partial charge in [-0.25, -0.2) is 4.39 Å². The zero-order valence-corrected chi connectivity index (χ0v) is 15.4. The van der Waals surface area contributed by atoms with E-state index in [-0.39, 0.29) is 18.2 Å². The Hall–Kier alpha value is -2.07. The molecule has 0 unspecified atom stereocenters. The van der Waals surface area contributed by atoms with Crippen LogP contribution < -0.4 is 5.32 Å². The van der Waals surface area contributed by atoms with Gasteiger partial charge in [-0.1, -0.05) is 0 Å². The quantitative estimate of drug-likeness (QED) is 0.675. The van der Waals surface area contributed by atoms with Gasteiger partial charge in [0.1, 0.15) is 5.82 Å². The van der Waals surface area contributed by atoms with Gasteiger partial charge in [0.15, 0.2) is 0 Å². The van der Waals surface area contributed by atoms with Gasteiger partial charge in [-0.05, 0) is 68.5 Å². The first-order valence-corrected chi connectivity index (χ1v) is 8.56. The molecule has 3 nitrogen and oxygen atoms in total. The first-order valence-electron chi connectivity index (χ1n) is 8.56. The minimum Gasteiger partial charge on any atom is -0.379 e. The highest BCUT2D eigenvalue weighted by Gasteiger charge is 2.24. The Morgan fingerprint density at radius 3 is 2.56 bits per heavy atom. The molecule has 5 heteroatoms. The molecule has 0 atom stereocenters. The lowest BCUT2D eigenvalue weighted by atomic mass is 10.1. The van der Waals surface area contributed by atoms with Crippen molar-refractivity contribution in [1.82, 2.24) is 9.55 Å². The maximum Gasteiger partial charge on any atom is 0.123 e. The Kier molecular flexibility index (Phi) is 5.00. The largest absolute Gasteiger partial charge is 0.379 e. The highest BCUT2D eigenvalue weighted by Crippen LogP contribution is 2.35. The van der Waals surface area contributed by atoms with Crippen molar-refractivity contribution in [3.05, 3.63) is 59.3 Å². The average molecular weight is 360 g/mol. The van der Waals surface area contributed by atoms with Crippen LogP contribution >= 0.6 is 12.4 Å². The molecule has 0 spiro atoms. The van der Waals surface area contributed by atoms with E-state index in [0.29, 0.717) is 6.54 Å². The number of nitrogens with one attached hydrogen (secondary N) is 1. The number of anilines is 1. The van der Waals surface area contributed by atoms with Crippen LogP contribution in [0.3, 0.4) is 0 Å². The number of pyridine rings is 1. The number of benzene rings is 1. The number of hydrogen-bond donors (Lipinski definition) is 1. The highest BCUT2D eigenvalue weighted by molar-refractivity contribution is 5.87. The van der Waals surface area contributed by atoms with Crippen molar-refractivity contribution in [1.29, 1.82) is 0 Å². The van der Waals surface area contributed by atoms with Crippen LogP contribution in [0.15, 0.2) is 36.5 Å². The third-order valence-corrected chi connectivity index (χ3v) is 5.06. The smallest absolute Gasteiger partial charge is 0.123 e. The number of aromatic nitrogens is 2. The van der Waals surface area contributed by atoms with Crippen LogP contribution in [-0.4, -0.2) is 9.55 Å². The van der Waals surface area contributed by atoms with Crippen LogP contribution in [0, 0.1) is 25.6 Å². The van der Waals surface area contributed by atoms with Gasteiger partial charge in [0.05, 0.1) is 17.8 Å². The molecule has 0 saturated heterocycles. The summed E-state index contributed by atoms with van der Waals surface area (Å²) in [5, 5.41) is 4.65. The van der Waals surface area contributed by atoms with E-state index in [9.17, 15) is 4.39 Å². The molecular formula is C20H23ClFN3. The fourth-order valence-electron chi connectivity index (χ4n) is 3.34. The van der Waals surface area contributed by atoms with Crippen LogP contribution in [0.2, 0.25) is 0 Å². The molecule has 2 aromatic heterocycles. The summed E-state index contributed by atoms with van der Waals surface area (Å²) in [6.07, 6.45) is 4.56. The maximum absolute atomic E-state index is 13.0. The molecule has 4 rings (SSSR count). The monoisotopic (exact) mass is 359 g/mol. The van der Waals surface area contributed by atoms with Gasteiger partial charge in [-0.2, -0.15) is 0 Å². The van der Waals surface area contributed by atoms with E-state index in [1.165, 1.54) is 47.1 Å². The Labute approximate surface area is 153 Å². The van der Waals surface area contributed by atoms with E-state index in [0.717, 1.165) is 23.8 Å². The van der Waals surface area contributed by atoms with E-state index in [2.05, 4.69) is 34.8 Å². The number of fused-ring (bicyclic) bond motifs is 1. The van der Waals surface area contributed by atoms with Crippen LogP contribution in [-0.2, 0) is 13.1 Å². The van der Waals surface area contributed by atoms with Gasteiger partial charge >= 0.3 is 0 Å². The predicted octanol–water partition coefficient (Wildman–Crippen LogP) is 5.24. The second-order valence-electron chi connectivity index (χ2n) is 6.78. The molecule has 1 fully saturated rings. The van der Waals surface area contributed by atoms with Gasteiger partial charge in [0.25, 0.3) is 0 Å². The summed E-state index contributed by atoms with van der Waals surface area (Å²) in [7, 11) is 0.